The number of nitrogens with one attached hydrogen (secondary N) is 4. The second-order valence-electron chi connectivity index (χ2n) is 13.6. The Hall–Kier alpha value is -5.16. The van der Waals surface area contributed by atoms with Gasteiger partial charge in [0.15, 0.2) is 0 Å². The largest absolute Gasteiger partial charge is 0.368 e. The lowest BCUT2D eigenvalue weighted by Crippen LogP contribution is -2.54. The van der Waals surface area contributed by atoms with Gasteiger partial charge in [-0.1, -0.05) is 24.3 Å². The molecule has 0 aliphatic carbocycles. The number of rotatable bonds is 13. The molecule has 1 atom stereocenters. The van der Waals surface area contributed by atoms with Crippen LogP contribution in [0, 0.1) is 13.8 Å². The van der Waals surface area contributed by atoms with Crippen molar-refractivity contribution in [1.29, 1.82) is 0 Å². The maximum atomic E-state index is 6.11. The molecule has 0 bridgehead atoms. The van der Waals surface area contributed by atoms with E-state index >= 15 is 0 Å². The molecule has 2 aromatic heterocycles. The van der Waals surface area contributed by atoms with Crippen LogP contribution >= 0.6 is 0 Å². The molecule has 2 fully saturated rings. The standard InChI is InChI=1S/C36H52N16/c1-24-20-28(41-33-43-31(37)45-35(47-33)51-18-16-50(17-19-51)15-14-49(4)5)10-8-26(24)6-7-27-9-11-29(21-25(27)2)42-34-44-32(38)46-36(48-34)52-13-12-40-30(23-52)22-39-3/h6-11,20-21,30,39-40H,12-19,22-23H2,1-5H3,(H3,37,41,43,45,47)(H3,38,42,44,46,48)/b7-6+. The minimum Gasteiger partial charge on any atom is -0.368 e. The van der Waals surface area contributed by atoms with Gasteiger partial charge in [-0.3, -0.25) is 4.90 Å². The molecule has 2 aromatic carbocycles. The monoisotopic (exact) mass is 708 g/mol. The summed E-state index contributed by atoms with van der Waals surface area (Å²) in [4.78, 5) is 35.9. The second-order valence-corrected chi connectivity index (χ2v) is 13.6. The molecule has 4 heterocycles. The van der Waals surface area contributed by atoms with Crippen LogP contribution in [0.15, 0.2) is 36.4 Å². The zero-order valence-corrected chi connectivity index (χ0v) is 30.9. The third-order valence-corrected chi connectivity index (χ3v) is 9.28. The van der Waals surface area contributed by atoms with E-state index in [2.05, 4.69) is 130 Å². The maximum Gasteiger partial charge on any atom is 0.233 e. The number of hydrogen-bond donors (Lipinski definition) is 6. The molecule has 6 rings (SSSR count). The number of aromatic nitrogens is 6. The van der Waals surface area contributed by atoms with Gasteiger partial charge in [0, 0.05) is 82.9 Å². The van der Waals surface area contributed by atoms with Crippen molar-refractivity contribution < 1.29 is 0 Å². The van der Waals surface area contributed by atoms with Crippen LogP contribution in [0.2, 0.25) is 0 Å². The van der Waals surface area contributed by atoms with Gasteiger partial charge in [-0.2, -0.15) is 29.9 Å². The van der Waals surface area contributed by atoms with E-state index in [9.17, 15) is 0 Å². The Morgan fingerprint density at radius 1 is 0.769 bits per heavy atom. The number of piperazine rings is 2. The van der Waals surface area contributed by atoms with E-state index in [0.29, 0.717) is 29.8 Å². The Morgan fingerprint density at radius 3 is 1.85 bits per heavy atom. The fraction of sp³-hybridized carbons (Fsp3) is 0.444. The first-order chi connectivity index (χ1) is 25.1. The average molecular weight is 709 g/mol. The first-order valence-corrected chi connectivity index (χ1v) is 17.8. The van der Waals surface area contributed by atoms with Gasteiger partial charge in [0.2, 0.25) is 35.7 Å². The second kappa shape index (κ2) is 16.9. The van der Waals surface area contributed by atoms with Crippen LogP contribution in [0.1, 0.15) is 22.3 Å². The third kappa shape index (κ3) is 9.79. The maximum absolute atomic E-state index is 6.11. The lowest BCUT2D eigenvalue weighted by atomic mass is 10.0. The molecule has 0 spiro atoms. The zero-order chi connectivity index (χ0) is 36.6. The van der Waals surface area contributed by atoms with E-state index in [0.717, 1.165) is 99.1 Å². The van der Waals surface area contributed by atoms with Gasteiger partial charge in [-0.15, -0.1) is 0 Å². The minimum absolute atomic E-state index is 0.187. The van der Waals surface area contributed by atoms with Crippen molar-refractivity contribution in [2.75, 3.05) is 118 Å². The van der Waals surface area contributed by atoms with Crippen LogP contribution in [0.25, 0.3) is 12.2 Å². The molecule has 0 saturated carbocycles. The van der Waals surface area contributed by atoms with Crippen LogP contribution in [-0.2, 0) is 0 Å². The molecule has 0 radical (unpaired) electrons. The van der Waals surface area contributed by atoms with E-state index in [1.165, 1.54) is 0 Å². The quantitative estimate of drug-likeness (QED) is 0.111. The van der Waals surface area contributed by atoms with E-state index in [1.807, 2.05) is 19.2 Å². The minimum atomic E-state index is 0.187. The summed E-state index contributed by atoms with van der Waals surface area (Å²) in [7, 11) is 6.16. The molecule has 16 nitrogen and oxygen atoms in total. The molecule has 8 N–H and O–H groups in total. The summed E-state index contributed by atoms with van der Waals surface area (Å²) in [5.74, 6) is 2.42. The summed E-state index contributed by atoms with van der Waals surface area (Å²) < 4.78 is 0. The van der Waals surface area contributed by atoms with E-state index in [4.69, 9.17) is 16.5 Å². The summed E-state index contributed by atoms with van der Waals surface area (Å²) in [6.45, 7) is 13.2. The molecule has 4 aromatic rings. The molecule has 2 aliphatic heterocycles. The summed E-state index contributed by atoms with van der Waals surface area (Å²) in [5.41, 5.74) is 18.4. The third-order valence-electron chi connectivity index (χ3n) is 9.28. The molecule has 276 valence electrons. The highest BCUT2D eigenvalue weighted by Gasteiger charge is 2.22. The first kappa shape index (κ1) is 36.6. The van der Waals surface area contributed by atoms with Crippen molar-refractivity contribution in [3.8, 4) is 0 Å². The van der Waals surface area contributed by atoms with Crippen LogP contribution in [0.3, 0.4) is 0 Å². The molecular weight excluding hydrogens is 657 g/mol. The number of nitrogens with zero attached hydrogens (tertiary/aromatic N) is 10. The van der Waals surface area contributed by atoms with Crippen LogP contribution in [0.4, 0.5) is 47.1 Å². The number of nitrogens with two attached hydrogens (primary N) is 2. The number of hydrogen-bond acceptors (Lipinski definition) is 16. The summed E-state index contributed by atoms with van der Waals surface area (Å²) in [6, 6.07) is 12.7. The highest BCUT2D eigenvalue weighted by molar-refractivity contribution is 5.75. The Balaban J connectivity index is 1.07. The van der Waals surface area contributed by atoms with Gasteiger partial charge in [-0.05, 0) is 81.5 Å². The van der Waals surface area contributed by atoms with Crippen LogP contribution < -0.4 is 42.5 Å². The van der Waals surface area contributed by atoms with Gasteiger partial charge in [0.25, 0.3) is 0 Å². The number of likely N-dealkylation sites (N-methyl/N-ethyl adjacent to an activating group) is 2. The van der Waals surface area contributed by atoms with Crippen molar-refractivity contribution in [3.05, 3.63) is 58.7 Å². The molecule has 52 heavy (non-hydrogen) atoms. The van der Waals surface area contributed by atoms with Crippen molar-refractivity contribution in [3.63, 3.8) is 0 Å². The number of aryl methyl sites for hydroxylation is 2. The average Bonchev–Trinajstić information content (AvgIpc) is 3.11. The van der Waals surface area contributed by atoms with Crippen LogP contribution in [-0.4, -0.2) is 132 Å². The Morgan fingerprint density at radius 2 is 1.33 bits per heavy atom. The van der Waals surface area contributed by atoms with Gasteiger partial charge >= 0.3 is 0 Å². The SMILES string of the molecule is CNCC1CN(c2nc(N)nc(Nc3ccc(/C=C/c4ccc(Nc5nc(N)nc(N6CCN(CCN(C)C)CC6)n5)cc4C)c(C)c3)n2)CCN1. The van der Waals surface area contributed by atoms with E-state index in [1.54, 1.807) is 0 Å². The van der Waals surface area contributed by atoms with E-state index < -0.39 is 0 Å². The van der Waals surface area contributed by atoms with Gasteiger partial charge in [0.05, 0.1) is 0 Å². The number of anilines is 8. The summed E-state index contributed by atoms with van der Waals surface area (Å²) >= 11 is 0. The molecule has 2 saturated heterocycles. The normalized spacial score (nSPS) is 16.9. The molecule has 0 amide bonds. The van der Waals surface area contributed by atoms with Crippen molar-refractivity contribution >= 4 is 59.2 Å². The molecule has 16 heteroatoms. The predicted molar refractivity (Wildman–Crippen MR) is 211 cm³/mol. The molecular formula is C36H52N16. The number of nitrogen functional groups attached to an aromatic ring is 2. The lowest BCUT2D eigenvalue weighted by molar-refractivity contribution is 0.229. The molecule has 2 aliphatic rings. The Labute approximate surface area is 306 Å². The molecule has 1 unspecified atom stereocenters. The fourth-order valence-corrected chi connectivity index (χ4v) is 6.38. The lowest BCUT2D eigenvalue weighted by Gasteiger charge is -2.35. The number of benzene rings is 2. The first-order valence-electron chi connectivity index (χ1n) is 17.8. The van der Waals surface area contributed by atoms with Crippen molar-refractivity contribution in [2.24, 2.45) is 0 Å². The van der Waals surface area contributed by atoms with Crippen LogP contribution in [0.5, 0.6) is 0 Å². The summed E-state index contributed by atoms with van der Waals surface area (Å²) in [5, 5.41) is 13.4. The zero-order valence-electron chi connectivity index (χ0n) is 30.9. The Kier molecular flexibility index (Phi) is 11.9. The van der Waals surface area contributed by atoms with Crippen molar-refractivity contribution in [1.82, 2.24) is 50.3 Å². The van der Waals surface area contributed by atoms with Crippen molar-refractivity contribution in [2.45, 2.75) is 19.9 Å². The predicted octanol–water partition coefficient (Wildman–Crippen LogP) is 2.18. The highest BCUT2D eigenvalue weighted by atomic mass is 15.4. The van der Waals surface area contributed by atoms with Gasteiger partial charge in [0.1, 0.15) is 0 Å². The topological polar surface area (TPSA) is 190 Å². The van der Waals surface area contributed by atoms with E-state index in [-0.39, 0.29) is 11.9 Å². The fourth-order valence-electron chi connectivity index (χ4n) is 6.38. The Bertz CT molecular complexity index is 1840. The highest BCUT2D eigenvalue weighted by Crippen LogP contribution is 2.25. The smallest absolute Gasteiger partial charge is 0.233 e. The summed E-state index contributed by atoms with van der Waals surface area (Å²) in [6.07, 6.45) is 4.25. The van der Waals surface area contributed by atoms with Gasteiger partial charge in [-0.25, -0.2) is 0 Å². The van der Waals surface area contributed by atoms with Gasteiger partial charge < -0.3 is 47.4 Å².